The van der Waals surface area contributed by atoms with Crippen molar-refractivity contribution < 1.29 is 9.53 Å². The smallest absolute Gasteiger partial charge is 0.228 e. The summed E-state index contributed by atoms with van der Waals surface area (Å²) in [5.74, 6) is 0.486. The second-order valence-corrected chi connectivity index (χ2v) is 4.91. The molecule has 5 nitrogen and oxygen atoms in total. The van der Waals surface area contributed by atoms with E-state index in [9.17, 15) is 4.79 Å². The molecule has 0 spiro atoms. The highest BCUT2D eigenvalue weighted by molar-refractivity contribution is 7.14. The van der Waals surface area contributed by atoms with Gasteiger partial charge in [-0.05, 0) is 35.7 Å². The average molecular weight is 287 g/mol. The highest BCUT2D eigenvalue weighted by Crippen LogP contribution is 2.22. The van der Waals surface area contributed by atoms with Crippen LogP contribution in [0.5, 0.6) is 5.75 Å². The van der Waals surface area contributed by atoms with Crippen LogP contribution in [0.4, 0.5) is 10.7 Å². The molecule has 0 aliphatic rings. The van der Waals surface area contributed by atoms with Crippen molar-refractivity contribution in [2.24, 2.45) is 0 Å². The van der Waals surface area contributed by atoms with Crippen LogP contribution < -0.4 is 15.8 Å². The number of carbonyl (C=O) groups is 1. The first-order valence-corrected chi connectivity index (χ1v) is 6.83. The summed E-state index contributed by atoms with van der Waals surface area (Å²) in [5.41, 5.74) is 6.70. The molecule has 0 fully saturated rings. The van der Waals surface area contributed by atoms with Crippen LogP contribution in [-0.2, 0) is 4.79 Å². The van der Waals surface area contributed by atoms with E-state index < -0.39 is 0 Å². The third kappa shape index (κ3) is 3.73. The summed E-state index contributed by atoms with van der Waals surface area (Å²) in [6, 6.07) is 10.7. The SMILES string of the molecule is N#Cc1ccsc1NC(=O)CCOc1ccc(N)cc1. The van der Waals surface area contributed by atoms with Gasteiger partial charge in [-0.3, -0.25) is 4.79 Å². The summed E-state index contributed by atoms with van der Waals surface area (Å²) in [6.45, 7) is 0.267. The van der Waals surface area contributed by atoms with Crippen molar-refractivity contribution >= 4 is 27.9 Å². The Morgan fingerprint density at radius 1 is 1.35 bits per heavy atom. The topological polar surface area (TPSA) is 88.1 Å². The highest BCUT2D eigenvalue weighted by atomic mass is 32.1. The van der Waals surface area contributed by atoms with E-state index >= 15 is 0 Å². The van der Waals surface area contributed by atoms with Gasteiger partial charge >= 0.3 is 0 Å². The van der Waals surface area contributed by atoms with Gasteiger partial charge in [0.05, 0.1) is 18.6 Å². The van der Waals surface area contributed by atoms with Gasteiger partial charge in [0.2, 0.25) is 5.91 Å². The van der Waals surface area contributed by atoms with E-state index in [0.717, 1.165) is 0 Å². The molecule has 1 amide bonds. The van der Waals surface area contributed by atoms with E-state index in [1.807, 2.05) is 6.07 Å². The van der Waals surface area contributed by atoms with Gasteiger partial charge in [0.15, 0.2) is 0 Å². The third-order valence-corrected chi connectivity index (χ3v) is 3.35. The number of amides is 1. The third-order valence-electron chi connectivity index (χ3n) is 2.52. The number of thiophene rings is 1. The largest absolute Gasteiger partial charge is 0.493 e. The molecule has 2 rings (SSSR count). The maximum absolute atomic E-state index is 11.7. The van der Waals surface area contributed by atoms with Crippen LogP contribution in [0.3, 0.4) is 0 Å². The number of benzene rings is 1. The van der Waals surface area contributed by atoms with E-state index in [4.69, 9.17) is 15.7 Å². The molecule has 0 aliphatic heterocycles. The molecular formula is C14H13N3O2S. The number of nitrogens with two attached hydrogens (primary N) is 1. The maximum Gasteiger partial charge on any atom is 0.228 e. The molecule has 0 atom stereocenters. The van der Waals surface area contributed by atoms with Gasteiger partial charge in [-0.15, -0.1) is 11.3 Å². The van der Waals surface area contributed by atoms with Crippen molar-refractivity contribution in [2.45, 2.75) is 6.42 Å². The second-order valence-electron chi connectivity index (χ2n) is 3.99. The summed E-state index contributed by atoms with van der Waals surface area (Å²) in [5, 5.41) is 13.9. The van der Waals surface area contributed by atoms with Gasteiger partial charge in [0.25, 0.3) is 0 Å². The number of nitrogen functional groups attached to an aromatic ring is 1. The number of carbonyl (C=O) groups excluding carboxylic acids is 1. The molecule has 0 unspecified atom stereocenters. The zero-order valence-corrected chi connectivity index (χ0v) is 11.4. The first-order chi connectivity index (χ1) is 9.69. The molecule has 1 heterocycles. The first kappa shape index (κ1) is 13.9. The van der Waals surface area contributed by atoms with Gasteiger partial charge in [0.1, 0.15) is 16.8 Å². The summed E-state index contributed by atoms with van der Waals surface area (Å²) in [7, 11) is 0. The molecular weight excluding hydrogens is 274 g/mol. The lowest BCUT2D eigenvalue weighted by molar-refractivity contribution is -0.116. The molecule has 0 saturated carbocycles. The van der Waals surface area contributed by atoms with E-state index in [1.165, 1.54) is 11.3 Å². The molecule has 0 radical (unpaired) electrons. The van der Waals surface area contributed by atoms with Crippen LogP contribution in [0.25, 0.3) is 0 Å². The summed E-state index contributed by atoms with van der Waals surface area (Å²) >= 11 is 1.32. The van der Waals surface area contributed by atoms with Crippen LogP contribution in [-0.4, -0.2) is 12.5 Å². The van der Waals surface area contributed by atoms with Gasteiger partial charge in [-0.2, -0.15) is 5.26 Å². The van der Waals surface area contributed by atoms with Gasteiger partial charge in [-0.25, -0.2) is 0 Å². The molecule has 2 aromatic rings. The highest BCUT2D eigenvalue weighted by Gasteiger charge is 2.08. The second kappa shape index (κ2) is 6.59. The number of hydrogen-bond donors (Lipinski definition) is 2. The fraction of sp³-hybridized carbons (Fsp3) is 0.143. The molecule has 0 saturated heterocycles. The van der Waals surface area contributed by atoms with Gasteiger partial charge in [-0.1, -0.05) is 0 Å². The molecule has 6 heteroatoms. The lowest BCUT2D eigenvalue weighted by Gasteiger charge is -2.06. The van der Waals surface area contributed by atoms with Crippen molar-refractivity contribution in [3.8, 4) is 11.8 Å². The molecule has 3 N–H and O–H groups in total. The fourth-order valence-corrected chi connectivity index (χ4v) is 2.26. The molecule has 102 valence electrons. The van der Waals surface area contributed by atoms with E-state index in [1.54, 1.807) is 35.7 Å². The number of nitriles is 1. The van der Waals surface area contributed by atoms with Crippen LogP contribution in [0.1, 0.15) is 12.0 Å². The minimum Gasteiger partial charge on any atom is -0.493 e. The number of nitrogens with zero attached hydrogens (tertiary/aromatic N) is 1. The predicted molar refractivity (Wildman–Crippen MR) is 78.6 cm³/mol. The summed E-state index contributed by atoms with van der Waals surface area (Å²) in [4.78, 5) is 11.7. The standard InChI is InChI=1S/C14H13N3O2S/c15-9-10-6-8-20-14(10)17-13(18)5-7-19-12-3-1-11(16)2-4-12/h1-4,6,8H,5,7,16H2,(H,17,18). The molecule has 0 bridgehead atoms. The zero-order valence-electron chi connectivity index (χ0n) is 10.6. The summed E-state index contributed by atoms with van der Waals surface area (Å²) < 4.78 is 5.43. The van der Waals surface area contributed by atoms with Crippen molar-refractivity contribution in [1.29, 1.82) is 5.26 Å². The Bertz CT molecular complexity index is 629. The van der Waals surface area contributed by atoms with E-state index in [-0.39, 0.29) is 18.9 Å². The number of anilines is 2. The lowest BCUT2D eigenvalue weighted by atomic mass is 10.3. The van der Waals surface area contributed by atoms with E-state index in [0.29, 0.717) is 22.0 Å². The van der Waals surface area contributed by atoms with Crippen LogP contribution >= 0.6 is 11.3 Å². The quantitative estimate of drug-likeness (QED) is 0.827. The Hall–Kier alpha value is -2.52. The Morgan fingerprint density at radius 2 is 2.10 bits per heavy atom. The molecule has 1 aromatic heterocycles. The van der Waals surface area contributed by atoms with Crippen LogP contribution in [0.15, 0.2) is 35.7 Å². The predicted octanol–water partition coefficient (Wildman–Crippen LogP) is 2.61. The van der Waals surface area contributed by atoms with Gasteiger partial charge < -0.3 is 15.8 Å². The molecule has 20 heavy (non-hydrogen) atoms. The van der Waals surface area contributed by atoms with Crippen molar-refractivity contribution in [2.75, 3.05) is 17.7 Å². The zero-order chi connectivity index (χ0) is 14.4. The number of rotatable bonds is 5. The first-order valence-electron chi connectivity index (χ1n) is 5.95. The number of ether oxygens (including phenoxy) is 1. The lowest BCUT2D eigenvalue weighted by Crippen LogP contribution is -2.15. The minimum atomic E-state index is -0.181. The number of nitrogens with one attached hydrogen (secondary N) is 1. The van der Waals surface area contributed by atoms with Gasteiger partial charge in [0, 0.05) is 5.69 Å². The monoisotopic (exact) mass is 287 g/mol. The fourth-order valence-electron chi connectivity index (χ4n) is 1.51. The van der Waals surface area contributed by atoms with Crippen molar-refractivity contribution in [3.05, 3.63) is 41.3 Å². The molecule has 1 aromatic carbocycles. The Balaban J connectivity index is 1.78. The maximum atomic E-state index is 11.7. The Kier molecular flexibility index (Phi) is 4.58. The summed E-state index contributed by atoms with van der Waals surface area (Å²) in [6.07, 6.45) is 0.215. The minimum absolute atomic E-state index is 0.181. The van der Waals surface area contributed by atoms with E-state index in [2.05, 4.69) is 5.32 Å². The van der Waals surface area contributed by atoms with Crippen molar-refractivity contribution in [1.82, 2.24) is 0 Å². The number of hydrogen-bond acceptors (Lipinski definition) is 5. The van der Waals surface area contributed by atoms with Crippen molar-refractivity contribution in [3.63, 3.8) is 0 Å². The Labute approximate surface area is 120 Å². The van der Waals surface area contributed by atoms with Crippen LogP contribution in [0.2, 0.25) is 0 Å². The molecule has 0 aliphatic carbocycles. The Morgan fingerprint density at radius 3 is 2.80 bits per heavy atom. The average Bonchev–Trinajstić information content (AvgIpc) is 2.88. The normalized spacial score (nSPS) is 9.75. The van der Waals surface area contributed by atoms with Crippen LogP contribution in [0, 0.1) is 11.3 Å².